The highest BCUT2D eigenvalue weighted by atomic mass is 35.5. The van der Waals surface area contributed by atoms with Crippen LogP contribution in [0.3, 0.4) is 0 Å². The summed E-state index contributed by atoms with van der Waals surface area (Å²) in [6, 6.07) is 77.3. The molecule has 0 bridgehead atoms. The maximum absolute atomic E-state index is 15.1. The fourth-order valence-electron chi connectivity index (χ4n) is 14.6. The summed E-state index contributed by atoms with van der Waals surface area (Å²) in [5, 5.41) is 8.18. The van der Waals surface area contributed by atoms with Crippen LogP contribution in [0, 0.1) is 5.92 Å². The van der Waals surface area contributed by atoms with Gasteiger partial charge < -0.3 is 24.0 Å². The number of benzene rings is 9. The number of anilines is 2. The van der Waals surface area contributed by atoms with Gasteiger partial charge in [0, 0.05) is 65.7 Å². The van der Waals surface area contributed by atoms with E-state index in [1.807, 2.05) is 89.7 Å². The number of carbonyl (C=O) groups excluding carboxylic acids is 1. The number of carbonyl (C=O) groups is 1. The van der Waals surface area contributed by atoms with Crippen LogP contribution < -0.4 is 35.7 Å². The molecule has 2 atom stereocenters. The molecule has 2 N–H and O–H groups in total. The number of alkyl halides is 3. The van der Waals surface area contributed by atoms with Crippen molar-refractivity contribution in [2.75, 3.05) is 55.3 Å². The minimum absolute atomic E-state index is 0.0331. The summed E-state index contributed by atoms with van der Waals surface area (Å²) in [4.78, 5) is 17.4. The van der Waals surface area contributed by atoms with E-state index in [4.69, 9.17) is 20.5 Å². The van der Waals surface area contributed by atoms with E-state index >= 15 is 13.2 Å². The van der Waals surface area contributed by atoms with Crippen molar-refractivity contribution in [1.82, 2.24) is 9.62 Å². The largest absolute Gasteiger partial charge is 0.501 e. The van der Waals surface area contributed by atoms with E-state index in [2.05, 4.69) is 206 Å². The Bertz CT molecular complexity index is 4490. The van der Waals surface area contributed by atoms with Crippen molar-refractivity contribution >= 4 is 106 Å². The highest BCUT2D eigenvalue weighted by Crippen LogP contribution is 2.47. The van der Waals surface area contributed by atoms with E-state index in [9.17, 15) is 21.6 Å². The van der Waals surface area contributed by atoms with Crippen LogP contribution >= 0.6 is 23.4 Å². The highest BCUT2D eigenvalue weighted by molar-refractivity contribution is 7.99. The number of halogens is 4. The Morgan fingerprint density at radius 2 is 1.12 bits per heavy atom. The molecule has 1 unspecified atom stereocenters. The van der Waals surface area contributed by atoms with Gasteiger partial charge in [-0.1, -0.05) is 260 Å². The second kappa shape index (κ2) is 33.6. The van der Waals surface area contributed by atoms with Gasteiger partial charge in [-0.2, -0.15) is 13.2 Å². The van der Waals surface area contributed by atoms with E-state index in [1.165, 1.54) is 34.3 Å². The maximum Gasteiger partial charge on any atom is 0.501 e. The smallest absolute Gasteiger partial charge is 0.410 e. The molecule has 0 spiro atoms. The van der Waals surface area contributed by atoms with Crippen LogP contribution in [0.25, 0.3) is 11.1 Å². The minimum Gasteiger partial charge on any atom is -0.410 e. The second-order valence-electron chi connectivity index (χ2n) is 31.1. The van der Waals surface area contributed by atoms with Crippen LogP contribution in [0.1, 0.15) is 104 Å². The molecule has 1 heterocycles. The lowest BCUT2D eigenvalue weighted by Crippen LogP contribution is -2.67. The molecule has 1 amide bonds. The molecule has 1 fully saturated rings. The van der Waals surface area contributed by atoms with Gasteiger partial charge in [0.25, 0.3) is 34.1 Å². The Morgan fingerprint density at radius 1 is 0.610 bits per heavy atom. The quantitative estimate of drug-likeness (QED) is 0.0343. The Hall–Kier alpha value is -7.09. The van der Waals surface area contributed by atoms with Crippen LogP contribution in [0.5, 0.6) is 0 Å². The average Bonchev–Trinajstić information content (AvgIpc) is 0.758. The topological polar surface area (TPSA) is 134 Å². The van der Waals surface area contributed by atoms with Crippen molar-refractivity contribution in [2.24, 2.45) is 5.92 Å². The number of hydrogen-bond donors (Lipinski definition) is 2. The van der Waals surface area contributed by atoms with E-state index in [0.717, 1.165) is 68.7 Å². The van der Waals surface area contributed by atoms with E-state index < -0.39 is 77.5 Å². The molecule has 10 rings (SSSR count). The normalized spacial score (nSPS) is 14.6. The Labute approximate surface area is 634 Å². The molecule has 1 aliphatic rings. The predicted molar refractivity (Wildman–Crippen MR) is 435 cm³/mol. The summed E-state index contributed by atoms with van der Waals surface area (Å²) >= 11 is 7.79. The number of thioether (sulfide) groups is 1. The van der Waals surface area contributed by atoms with Gasteiger partial charge in [0.15, 0.2) is 8.32 Å². The fourth-order valence-corrected chi connectivity index (χ4v) is 29.1. The summed E-state index contributed by atoms with van der Waals surface area (Å²) in [6.07, 6.45) is 1.72. The third-order valence-electron chi connectivity index (χ3n) is 21.3. The molecule has 1 saturated heterocycles. The van der Waals surface area contributed by atoms with Crippen molar-refractivity contribution in [2.45, 2.75) is 148 Å². The van der Waals surface area contributed by atoms with Gasteiger partial charge in [0.1, 0.15) is 13.0 Å². The Morgan fingerprint density at radius 3 is 1.64 bits per heavy atom. The first-order chi connectivity index (χ1) is 49.6. The molecule has 0 aliphatic carbocycles. The van der Waals surface area contributed by atoms with Crippen LogP contribution in [0.2, 0.25) is 39.3 Å². The number of sulfonamides is 1. The molecule has 0 radical (unpaired) electrons. The predicted octanol–water partition coefficient (Wildman–Crippen LogP) is 18.3. The number of nitrogens with zero attached hydrogens (tertiary/aromatic N) is 2. The van der Waals surface area contributed by atoms with Crippen molar-refractivity contribution in [3.05, 3.63) is 259 Å². The van der Waals surface area contributed by atoms with Gasteiger partial charge >= 0.3 is 5.51 Å². The first-order valence-corrected chi connectivity index (χ1v) is 47.4. The molecular formula is C84H100ClF3N4O7S3Si3. The molecular weight excluding hydrogens is 1450 g/mol. The highest BCUT2D eigenvalue weighted by Gasteiger charge is 2.52. The lowest BCUT2D eigenvalue weighted by molar-refractivity contribution is -0.0436. The summed E-state index contributed by atoms with van der Waals surface area (Å²) in [5.41, 5.74) is -2.24. The van der Waals surface area contributed by atoms with Gasteiger partial charge in [-0.25, -0.2) is 21.6 Å². The number of rotatable bonds is 29. The third kappa shape index (κ3) is 18.7. The third-order valence-corrected chi connectivity index (χ3v) is 41.3. The van der Waals surface area contributed by atoms with E-state index in [1.54, 1.807) is 12.1 Å². The summed E-state index contributed by atoms with van der Waals surface area (Å²) in [7, 11) is -19.2. The van der Waals surface area contributed by atoms with Crippen LogP contribution in [-0.2, 0) is 28.7 Å². The number of piperidine rings is 1. The molecule has 9 aromatic carbocycles. The summed E-state index contributed by atoms with van der Waals surface area (Å²) in [5.74, 6) is -0.608. The van der Waals surface area contributed by atoms with Crippen molar-refractivity contribution in [1.29, 1.82) is 0 Å². The summed E-state index contributed by atoms with van der Waals surface area (Å²) < 4.78 is 119. The summed E-state index contributed by atoms with van der Waals surface area (Å²) in [6.45, 7) is 28.1. The zero-order valence-electron chi connectivity index (χ0n) is 62.1. The van der Waals surface area contributed by atoms with Crippen molar-refractivity contribution < 1.29 is 43.7 Å². The van der Waals surface area contributed by atoms with Crippen LogP contribution in [0.4, 0.5) is 24.5 Å². The van der Waals surface area contributed by atoms with Gasteiger partial charge in [-0.3, -0.25) is 4.79 Å². The zero-order chi connectivity index (χ0) is 75.6. The number of sulfone groups is 1. The van der Waals surface area contributed by atoms with Gasteiger partial charge in [0.2, 0.25) is 0 Å². The fraction of sp³-hybridized carbons (Fsp3) is 0.345. The Balaban J connectivity index is 0.914. The van der Waals surface area contributed by atoms with E-state index in [0.29, 0.717) is 56.8 Å². The van der Waals surface area contributed by atoms with Gasteiger partial charge in [0.05, 0.1) is 16.7 Å². The zero-order valence-corrected chi connectivity index (χ0v) is 68.3. The molecule has 0 aromatic heterocycles. The van der Waals surface area contributed by atoms with Crippen molar-refractivity contribution in [3.8, 4) is 11.1 Å². The molecule has 21 heteroatoms. The SMILES string of the molecule is CC(C)(C)[Si](C)(C)O[C@@H](c1ccccc1-c1ccc(Cl)cc1)C1CCN(c2ccc(C(=O)NS(=O)(=O)c3ccc(NC(CCN(CCO[Si](c4ccccc4)(c4ccccc4)C(C)(C)C)CC[Si](c4ccccc4)(c4ccccc4)C(C)(C)C)CSc4ccccc4)c(S(=O)(=O)C(F)(F)F)c3)cc2)CC1. The molecule has 105 heavy (non-hydrogen) atoms. The lowest BCUT2D eigenvalue weighted by Gasteiger charge is -2.45. The number of nitrogens with one attached hydrogen (secondary N) is 2. The first kappa shape index (κ1) is 80.5. The Kier molecular flexibility index (Phi) is 25.7. The van der Waals surface area contributed by atoms with Gasteiger partial charge in [-0.15, -0.1) is 11.8 Å². The van der Waals surface area contributed by atoms with Crippen LogP contribution in [0.15, 0.2) is 257 Å². The van der Waals surface area contributed by atoms with Crippen LogP contribution in [-0.4, -0.2) is 109 Å². The monoisotopic (exact) mass is 1550 g/mol. The number of hydrogen-bond acceptors (Lipinski definition) is 11. The molecule has 0 saturated carbocycles. The standard InChI is InChI=1S/C84H100ClF3N4O7S3Si3/c1-81(2,3)103(10,11)99-79(76-40-28-27-39-75(76)63-41-45-66(85)46-42-63)64-51-55-92(56-52-64)68-47-43-65(44-48-68)80(93)90-102(96,97)70-49-50-77(78(61-70)101(94,95)84(86,87)88)89-67(62-100-69-29-17-12-18-30-69)53-54-91(58-60-104(82(4,5)6,71-31-19-13-20-32-71)72-33-21-14-22-34-72)57-59-98-105(83(7,8)9,73-35-23-15-24-36-73)74-37-25-16-26-38-74/h12-50,61,64,67,79,89H,51-60,62H2,1-11H3,(H,90,93)/t67?,79-/m1/s1. The first-order valence-electron chi connectivity index (χ1n) is 36.1. The lowest BCUT2D eigenvalue weighted by atomic mass is 9.84. The average molecular weight is 1550 g/mol. The molecule has 11 nitrogen and oxygen atoms in total. The van der Waals surface area contributed by atoms with Gasteiger partial charge in [-0.05, 0) is 160 Å². The second-order valence-corrected chi connectivity index (χ2v) is 50.2. The molecule has 9 aromatic rings. The number of amides is 1. The molecule has 556 valence electrons. The molecule has 1 aliphatic heterocycles. The minimum atomic E-state index is -6.24. The maximum atomic E-state index is 15.1. The van der Waals surface area contributed by atoms with E-state index in [-0.39, 0.29) is 38.5 Å². The van der Waals surface area contributed by atoms with Crippen molar-refractivity contribution in [3.63, 3.8) is 0 Å².